The molecule has 2 saturated heterocycles. The third kappa shape index (κ3) is 3.70. The Labute approximate surface area is 160 Å². The second kappa shape index (κ2) is 7.32. The lowest BCUT2D eigenvalue weighted by Crippen LogP contribution is -2.54. The van der Waals surface area contributed by atoms with Gasteiger partial charge in [-0.3, -0.25) is 14.5 Å². The van der Waals surface area contributed by atoms with Crippen LogP contribution in [0.25, 0.3) is 10.2 Å². The Hall–Kier alpha value is -2.39. The molecule has 0 bridgehead atoms. The van der Waals surface area contributed by atoms with E-state index in [9.17, 15) is 14.4 Å². The van der Waals surface area contributed by atoms with Gasteiger partial charge in [-0.25, -0.2) is 4.79 Å². The van der Waals surface area contributed by atoms with Crippen LogP contribution in [0.5, 0.6) is 0 Å². The van der Waals surface area contributed by atoms with E-state index in [0.717, 1.165) is 47.5 Å². The Morgan fingerprint density at radius 2 is 1.74 bits per heavy atom. The van der Waals surface area contributed by atoms with Crippen LogP contribution in [0.4, 0.5) is 4.79 Å². The van der Waals surface area contributed by atoms with Crippen LogP contribution in [-0.4, -0.2) is 82.1 Å². The average molecular weight is 390 g/mol. The fourth-order valence-corrected chi connectivity index (χ4v) is 4.75. The summed E-state index contributed by atoms with van der Waals surface area (Å²) in [7, 11) is 0. The molecule has 0 saturated carbocycles. The number of carbonyl (C=O) groups excluding carboxylic acids is 1. The highest BCUT2D eigenvalue weighted by Crippen LogP contribution is 2.22. The number of benzene rings is 1. The van der Waals surface area contributed by atoms with Gasteiger partial charge in [0.1, 0.15) is 0 Å². The Morgan fingerprint density at radius 3 is 2.41 bits per heavy atom. The molecule has 9 heteroatoms. The van der Waals surface area contributed by atoms with E-state index in [2.05, 4.69) is 9.88 Å². The number of piperazine rings is 1. The predicted molar refractivity (Wildman–Crippen MR) is 103 cm³/mol. The van der Waals surface area contributed by atoms with Crippen LogP contribution in [0.1, 0.15) is 23.2 Å². The molecule has 144 valence electrons. The number of thiazole rings is 1. The highest BCUT2D eigenvalue weighted by Gasteiger charge is 2.30. The van der Waals surface area contributed by atoms with Gasteiger partial charge < -0.3 is 19.9 Å². The molecule has 2 aliphatic heterocycles. The summed E-state index contributed by atoms with van der Waals surface area (Å²) in [6, 6.07) is 5.75. The predicted octanol–water partition coefficient (Wildman–Crippen LogP) is 1.49. The van der Waals surface area contributed by atoms with E-state index in [4.69, 9.17) is 5.11 Å². The van der Waals surface area contributed by atoms with Crippen molar-refractivity contribution < 1.29 is 14.7 Å². The molecule has 2 fully saturated rings. The van der Waals surface area contributed by atoms with Crippen LogP contribution in [0, 0.1) is 0 Å². The lowest BCUT2D eigenvalue weighted by Gasteiger charge is -2.42. The summed E-state index contributed by atoms with van der Waals surface area (Å²) < 4.78 is 0.803. The molecule has 0 spiro atoms. The summed E-state index contributed by atoms with van der Waals surface area (Å²) in [5.74, 6) is 0.00638. The molecule has 8 nitrogen and oxygen atoms in total. The number of amides is 2. The van der Waals surface area contributed by atoms with Gasteiger partial charge >= 0.3 is 11.0 Å². The minimum absolute atomic E-state index is 0.00638. The standard InChI is InChI=1S/C18H22N4O4S/c23-16(12-1-2-14-15(11-12)27-17(24)19-14)21-5-3-13(4-6-21)20-7-9-22(10-8-20)18(25)26/h1-2,11,13H,3-10H2,(H,19,24)(H,25,26). The van der Waals surface area contributed by atoms with Gasteiger partial charge in [0.15, 0.2) is 0 Å². The first-order valence-electron chi connectivity index (χ1n) is 9.15. The molecule has 2 aromatic rings. The Balaban J connectivity index is 1.35. The highest BCUT2D eigenvalue weighted by atomic mass is 32.1. The van der Waals surface area contributed by atoms with Gasteiger partial charge in [0.25, 0.3) is 5.91 Å². The second-order valence-corrected chi connectivity index (χ2v) is 8.07. The molecule has 1 aromatic heterocycles. The van der Waals surface area contributed by atoms with Crippen molar-refractivity contribution in [1.82, 2.24) is 19.7 Å². The molecule has 27 heavy (non-hydrogen) atoms. The topological polar surface area (TPSA) is 96.9 Å². The van der Waals surface area contributed by atoms with Crippen LogP contribution < -0.4 is 4.87 Å². The van der Waals surface area contributed by atoms with E-state index in [1.54, 1.807) is 18.2 Å². The molecule has 4 rings (SSSR count). The molecule has 0 aliphatic carbocycles. The minimum atomic E-state index is -0.848. The fourth-order valence-electron chi connectivity index (χ4n) is 3.97. The summed E-state index contributed by atoms with van der Waals surface area (Å²) in [6.07, 6.45) is 0.955. The number of nitrogens with zero attached hydrogens (tertiary/aromatic N) is 3. The fraction of sp³-hybridized carbons (Fsp3) is 0.500. The van der Waals surface area contributed by atoms with E-state index in [-0.39, 0.29) is 10.8 Å². The number of hydrogen-bond donors (Lipinski definition) is 2. The highest BCUT2D eigenvalue weighted by molar-refractivity contribution is 7.16. The summed E-state index contributed by atoms with van der Waals surface area (Å²) in [4.78, 5) is 43.6. The second-order valence-electron chi connectivity index (χ2n) is 7.05. The number of aromatic amines is 1. The van der Waals surface area contributed by atoms with Gasteiger partial charge in [0.05, 0.1) is 10.2 Å². The molecule has 0 radical (unpaired) electrons. The summed E-state index contributed by atoms with van der Waals surface area (Å²) in [5, 5.41) is 9.05. The van der Waals surface area contributed by atoms with Gasteiger partial charge in [0, 0.05) is 50.9 Å². The number of fused-ring (bicyclic) bond motifs is 1. The number of carboxylic acid groups (broad SMARTS) is 1. The number of likely N-dealkylation sites (tertiary alicyclic amines) is 1. The van der Waals surface area contributed by atoms with Crippen molar-refractivity contribution in [1.29, 1.82) is 0 Å². The third-order valence-electron chi connectivity index (χ3n) is 5.52. The first-order chi connectivity index (χ1) is 13.0. The summed E-state index contributed by atoms with van der Waals surface area (Å²) in [6.45, 7) is 4.01. The lowest BCUT2D eigenvalue weighted by molar-refractivity contribution is 0.0477. The van der Waals surface area contributed by atoms with Crippen LogP contribution >= 0.6 is 11.3 Å². The number of aromatic nitrogens is 1. The van der Waals surface area contributed by atoms with Crippen LogP contribution in [0.3, 0.4) is 0 Å². The van der Waals surface area contributed by atoms with Crippen LogP contribution in [0.2, 0.25) is 0 Å². The monoisotopic (exact) mass is 390 g/mol. The normalized spacial score (nSPS) is 19.6. The number of nitrogens with one attached hydrogen (secondary N) is 1. The number of piperidine rings is 1. The zero-order chi connectivity index (χ0) is 19.0. The molecule has 0 unspecified atom stereocenters. The SMILES string of the molecule is O=C(O)N1CCN(C2CCN(C(=O)c3ccc4[nH]c(=O)sc4c3)CC2)CC1. The van der Waals surface area contributed by atoms with Crippen molar-refractivity contribution in [2.45, 2.75) is 18.9 Å². The van der Waals surface area contributed by atoms with E-state index >= 15 is 0 Å². The maximum Gasteiger partial charge on any atom is 0.407 e. The maximum absolute atomic E-state index is 12.8. The first kappa shape index (κ1) is 18.0. The lowest BCUT2D eigenvalue weighted by atomic mass is 10.0. The smallest absolute Gasteiger partial charge is 0.407 e. The Kier molecular flexibility index (Phi) is 4.88. The van der Waals surface area contributed by atoms with Crippen molar-refractivity contribution in [3.8, 4) is 0 Å². The van der Waals surface area contributed by atoms with Crippen molar-refractivity contribution in [2.75, 3.05) is 39.3 Å². The van der Waals surface area contributed by atoms with Crippen molar-refractivity contribution in [3.05, 3.63) is 33.4 Å². The Bertz CT molecular complexity index is 907. The molecule has 2 amide bonds. The number of hydrogen-bond acceptors (Lipinski definition) is 5. The minimum Gasteiger partial charge on any atom is -0.465 e. The maximum atomic E-state index is 12.8. The van der Waals surface area contributed by atoms with E-state index in [0.29, 0.717) is 37.8 Å². The zero-order valence-corrected chi connectivity index (χ0v) is 15.7. The first-order valence-corrected chi connectivity index (χ1v) is 9.97. The largest absolute Gasteiger partial charge is 0.465 e. The van der Waals surface area contributed by atoms with Gasteiger partial charge in [0.2, 0.25) is 0 Å². The van der Waals surface area contributed by atoms with Crippen molar-refractivity contribution in [3.63, 3.8) is 0 Å². The molecule has 3 heterocycles. The number of H-pyrrole nitrogens is 1. The molecule has 2 aliphatic rings. The summed E-state index contributed by atoms with van der Waals surface area (Å²) >= 11 is 1.12. The molecule has 0 atom stereocenters. The Morgan fingerprint density at radius 1 is 1.04 bits per heavy atom. The van der Waals surface area contributed by atoms with Crippen molar-refractivity contribution >= 4 is 33.6 Å². The van der Waals surface area contributed by atoms with Gasteiger partial charge in [-0.2, -0.15) is 0 Å². The van der Waals surface area contributed by atoms with E-state index in [1.807, 2.05) is 4.90 Å². The third-order valence-corrected chi connectivity index (χ3v) is 6.37. The average Bonchev–Trinajstić information content (AvgIpc) is 3.07. The number of carbonyl (C=O) groups is 2. The van der Waals surface area contributed by atoms with Gasteiger partial charge in [-0.15, -0.1) is 0 Å². The summed E-state index contributed by atoms with van der Waals surface area (Å²) in [5.41, 5.74) is 1.38. The van der Waals surface area contributed by atoms with E-state index in [1.165, 1.54) is 4.90 Å². The quantitative estimate of drug-likeness (QED) is 0.810. The molecule has 2 N–H and O–H groups in total. The van der Waals surface area contributed by atoms with Gasteiger partial charge in [-0.1, -0.05) is 11.3 Å². The zero-order valence-electron chi connectivity index (χ0n) is 14.9. The molecule has 1 aromatic carbocycles. The van der Waals surface area contributed by atoms with Gasteiger partial charge in [-0.05, 0) is 31.0 Å². The van der Waals surface area contributed by atoms with Crippen LogP contribution in [0.15, 0.2) is 23.0 Å². The van der Waals surface area contributed by atoms with E-state index < -0.39 is 6.09 Å². The van der Waals surface area contributed by atoms with Crippen LogP contribution in [-0.2, 0) is 0 Å². The van der Waals surface area contributed by atoms with Crippen molar-refractivity contribution in [2.24, 2.45) is 0 Å². The number of rotatable bonds is 2. The molecular weight excluding hydrogens is 368 g/mol. The molecular formula is C18H22N4O4S.